The fourth-order valence-corrected chi connectivity index (χ4v) is 5.65. The predicted molar refractivity (Wildman–Crippen MR) is 166 cm³/mol. The third-order valence-electron chi connectivity index (χ3n) is 7.46. The minimum absolute atomic E-state index is 0.0196. The number of rotatable bonds is 22. The van der Waals surface area contributed by atoms with E-state index < -0.39 is 18.2 Å². The molecule has 0 spiro atoms. The SMILES string of the molecule is C=CC(=O)OCCCOC(=O)NC1CC(C)(C)CC(C)(CCC(=O)OCCCCCOC(=O)OCCCCCOC(=O)CC)C1. The van der Waals surface area contributed by atoms with Gasteiger partial charge in [-0.15, -0.1) is 0 Å². The summed E-state index contributed by atoms with van der Waals surface area (Å²) in [5.41, 5.74) is -0.165. The van der Waals surface area contributed by atoms with Crippen molar-refractivity contribution in [3.05, 3.63) is 12.7 Å². The first kappa shape index (κ1) is 39.7. The Morgan fingerprint density at radius 2 is 1.24 bits per heavy atom. The van der Waals surface area contributed by atoms with Gasteiger partial charge in [-0.25, -0.2) is 14.4 Å². The number of ether oxygens (including phenoxy) is 6. The largest absolute Gasteiger partial charge is 0.508 e. The highest BCUT2D eigenvalue weighted by atomic mass is 16.7. The first-order valence-electron chi connectivity index (χ1n) is 16.2. The molecule has 0 aromatic rings. The summed E-state index contributed by atoms with van der Waals surface area (Å²) < 4.78 is 30.6. The maximum absolute atomic E-state index is 12.4. The van der Waals surface area contributed by atoms with Gasteiger partial charge in [0.1, 0.15) is 0 Å². The Morgan fingerprint density at radius 1 is 0.711 bits per heavy atom. The zero-order chi connectivity index (χ0) is 33.6. The molecule has 45 heavy (non-hydrogen) atoms. The van der Waals surface area contributed by atoms with Gasteiger partial charge in [0.2, 0.25) is 0 Å². The van der Waals surface area contributed by atoms with Gasteiger partial charge in [-0.3, -0.25) is 9.59 Å². The number of esters is 3. The molecule has 12 nitrogen and oxygen atoms in total. The van der Waals surface area contributed by atoms with E-state index in [9.17, 15) is 24.0 Å². The third-order valence-corrected chi connectivity index (χ3v) is 7.46. The van der Waals surface area contributed by atoms with Crippen molar-refractivity contribution in [3.63, 3.8) is 0 Å². The van der Waals surface area contributed by atoms with Crippen molar-refractivity contribution in [2.45, 2.75) is 117 Å². The summed E-state index contributed by atoms with van der Waals surface area (Å²) in [5.74, 6) is -0.972. The number of hydrogen-bond donors (Lipinski definition) is 1. The molecule has 1 amide bonds. The summed E-state index contributed by atoms with van der Waals surface area (Å²) >= 11 is 0. The zero-order valence-electron chi connectivity index (χ0n) is 27.8. The second kappa shape index (κ2) is 22.2. The van der Waals surface area contributed by atoms with Crippen LogP contribution in [0.5, 0.6) is 0 Å². The van der Waals surface area contributed by atoms with Crippen molar-refractivity contribution < 1.29 is 52.4 Å². The van der Waals surface area contributed by atoms with Gasteiger partial charge >= 0.3 is 30.2 Å². The quantitative estimate of drug-likeness (QED) is 0.0623. The molecule has 1 N–H and O–H groups in total. The molecule has 1 rings (SSSR count). The summed E-state index contributed by atoms with van der Waals surface area (Å²) in [5, 5.41) is 2.96. The van der Waals surface area contributed by atoms with Crippen LogP contribution in [0.15, 0.2) is 12.7 Å². The third kappa shape index (κ3) is 20.4. The van der Waals surface area contributed by atoms with E-state index in [1.54, 1.807) is 6.92 Å². The molecule has 12 heteroatoms. The summed E-state index contributed by atoms with van der Waals surface area (Å²) in [6, 6.07) is -0.0798. The lowest BCUT2D eigenvalue weighted by atomic mass is 9.61. The molecule has 0 aromatic carbocycles. The highest BCUT2D eigenvalue weighted by molar-refractivity contribution is 5.81. The first-order valence-corrected chi connectivity index (χ1v) is 16.2. The van der Waals surface area contributed by atoms with Crippen LogP contribution >= 0.6 is 0 Å². The lowest BCUT2D eigenvalue weighted by molar-refractivity contribution is -0.145. The Morgan fingerprint density at radius 3 is 1.82 bits per heavy atom. The smallest absolute Gasteiger partial charge is 0.466 e. The number of unbranched alkanes of at least 4 members (excludes halogenated alkanes) is 4. The molecule has 0 bridgehead atoms. The van der Waals surface area contributed by atoms with Crippen LogP contribution < -0.4 is 5.32 Å². The van der Waals surface area contributed by atoms with Crippen molar-refractivity contribution in [1.82, 2.24) is 5.32 Å². The average molecular weight is 642 g/mol. The maximum Gasteiger partial charge on any atom is 0.508 e. The Kier molecular flexibility index (Phi) is 19.6. The highest BCUT2D eigenvalue weighted by Crippen LogP contribution is 2.48. The molecule has 1 aliphatic carbocycles. The molecule has 1 fully saturated rings. The molecule has 0 saturated heterocycles. The van der Waals surface area contributed by atoms with E-state index in [4.69, 9.17) is 28.4 Å². The van der Waals surface area contributed by atoms with E-state index in [1.165, 1.54) is 0 Å². The second-order valence-corrected chi connectivity index (χ2v) is 12.6. The van der Waals surface area contributed by atoms with Gasteiger partial charge < -0.3 is 33.7 Å². The molecule has 0 radical (unpaired) electrons. The van der Waals surface area contributed by atoms with Crippen LogP contribution in [-0.4, -0.2) is 75.8 Å². The van der Waals surface area contributed by atoms with Gasteiger partial charge in [0.15, 0.2) is 0 Å². The fourth-order valence-electron chi connectivity index (χ4n) is 5.65. The van der Waals surface area contributed by atoms with Crippen LogP contribution in [0.2, 0.25) is 0 Å². The summed E-state index contributed by atoms with van der Waals surface area (Å²) in [6.45, 7) is 13.0. The Bertz CT molecular complexity index is 936. The molecule has 0 aromatic heterocycles. The Labute approximate surface area is 268 Å². The van der Waals surface area contributed by atoms with Gasteiger partial charge in [-0.2, -0.15) is 0 Å². The maximum atomic E-state index is 12.4. The van der Waals surface area contributed by atoms with Crippen LogP contribution in [0.4, 0.5) is 9.59 Å². The van der Waals surface area contributed by atoms with Gasteiger partial charge in [0.05, 0.1) is 39.6 Å². The standard InChI is InChI=1S/C33H55NO11/c1-6-27(35)40-17-10-8-12-19-44-31(39)45-20-13-9-11-18-42-29(37)15-16-33(5)24-26(23-32(3,4)25-33)34-30(38)43-22-14-21-41-28(36)7-2/h7,26H,2,6,8-25H2,1,3-5H3,(H,34,38). The molecule has 0 heterocycles. The number of alkyl carbamates (subject to hydrolysis) is 1. The highest BCUT2D eigenvalue weighted by Gasteiger charge is 2.42. The van der Waals surface area contributed by atoms with Crippen LogP contribution in [0.1, 0.15) is 111 Å². The van der Waals surface area contributed by atoms with E-state index in [0.717, 1.165) is 44.6 Å². The molecule has 2 unspecified atom stereocenters. The van der Waals surface area contributed by atoms with Crippen molar-refractivity contribution in [3.8, 4) is 0 Å². The van der Waals surface area contributed by atoms with Crippen LogP contribution in [0, 0.1) is 10.8 Å². The van der Waals surface area contributed by atoms with Crippen LogP contribution in [0.25, 0.3) is 0 Å². The summed E-state index contributed by atoms with van der Waals surface area (Å²) in [6.07, 6.45) is 8.29. The predicted octanol–water partition coefficient (Wildman–Crippen LogP) is 6.19. The molecule has 0 aliphatic heterocycles. The van der Waals surface area contributed by atoms with E-state index in [0.29, 0.717) is 58.2 Å². The summed E-state index contributed by atoms with van der Waals surface area (Å²) in [4.78, 5) is 58.5. The lowest BCUT2D eigenvalue weighted by Gasteiger charge is -2.46. The van der Waals surface area contributed by atoms with Crippen LogP contribution in [0.3, 0.4) is 0 Å². The van der Waals surface area contributed by atoms with Gasteiger partial charge in [0, 0.05) is 31.4 Å². The molecule has 2 atom stereocenters. The molecule has 258 valence electrons. The monoisotopic (exact) mass is 641 g/mol. The molecular formula is C33H55NO11. The van der Waals surface area contributed by atoms with Crippen LogP contribution in [-0.2, 0) is 42.8 Å². The zero-order valence-corrected chi connectivity index (χ0v) is 27.8. The molecular weight excluding hydrogens is 586 g/mol. The topological polar surface area (TPSA) is 153 Å². The van der Waals surface area contributed by atoms with Gasteiger partial charge in [0.25, 0.3) is 0 Å². The van der Waals surface area contributed by atoms with Crippen molar-refractivity contribution in [2.75, 3.05) is 39.6 Å². The van der Waals surface area contributed by atoms with E-state index >= 15 is 0 Å². The van der Waals surface area contributed by atoms with Crippen molar-refractivity contribution in [1.29, 1.82) is 0 Å². The number of nitrogens with one attached hydrogen (secondary N) is 1. The number of carbonyl (C=O) groups excluding carboxylic acids is 5. The van der Waals surface area contributed by atoms with Gasteiger partial charge in [-0.05, 0) is 75.0 Å². The molecule has 1 aliphatic rings. The minimum Gasteiger partial charge on any atom is -0.466 e. The van der Waals surface area contributed by atoms with Gasteiger partial charge in [-0.1, -0.05) is 34.3 Å². The number of hydrogen-bond acceptors (Lipinski definition) is 11. The fraction of sp³-hybridized carbons (Fsp3) is 0.788. The lowest BCUT2D eigenvalue weighted by Crippen LogP contribution is -2.47. The minimum atomic E-state index is -0.698. The Hall–Kier alpha value is -3.31. The summed E-state index contributed by atoms with van der Waals surface area (Å²) in [7, 11) is 0. The first-order chi connectivity index (χ1) is 21.4. The Balaban J connectivity index is 2.16. The van der Waals surface area contributed by atoms with E-state index in [1.807, 2.05) is 0 Å². The van der Waals surface area contributed by atoms with Crippen molar-refractivity contribution >= 4 is 30.2 Å². The number of amides is 1. The number of carbonyl (C=O) groups is 5. The average Bonchev–Trinajstić information content (AvgIpc) is 2.97. The second-order valence-electron chi connectivity index (χ2n) is 12.6. The van der Waals surface area contributed by atoms with E-state index in [2.05, 4.69) is 32.7 Å². The van der Waals surface area contributed by atoms with E-state index in [-0.39, 0.29) is 55.2 Å². The normalized spacial score (nSPS) is 18.6. The van der Waals surface area contributed by atoms with Crippen molar-refractivity contribution in [2.24, 2.45) is 10.8 Å². The molecule has 1 saturated carbocycles.